The molecule has 0 aliphatic heterocycles. The van der Waals surface area contributed by atoms with E-state index in [1.807, 2.05) is 31.2 Å². The number of hydrogen-bond donors (Lipinski definition) is 1. The lowest BCUT2D eigenvalue weighted by atomic mass is 10.1. The van der Waals surface area contributed by atoms with Crippen molar-refractivity contribution >= 4 is 0 Å². The molecule has 1 aromatic carbocycles. The minimum atomic E-state index is 0.584. The molecule has 0 unspecified atom stereocenters. The van der Waals surface area contributed by atoms with Gasteiger partial charge in [0.05, 0.1) is 0 Å². The molecule has 0 radical (unpaired) electrons. The first-order chi connectivity index (χ1) is 5.18. The number of hydrogen-bond acceptors (Lipinski definition) is 2. The largest absolute Gasteiger partial charge is 0.314 e. The Hall–Kier alpha value is -0.860. The minimum absolute atomic E-state index is 0.584. The van der Waals surface area contributed by atoms with Crippen LogP contribution in [-0.4, -0.2) is 17.3 Å². The van der Waals surface area contributed by atoms with E-state index in [1.54, 1.807) is 7.05 Å². The number of rotatable bonds is 2. The molecular weight excluding hydrogens is 138 g/mol. The molecule has 1 N–H and O–H groups in total. The molecule has 0 bridgehead atoms. The fraction of sp³-hybridized carbons (Fsp3) is 0.333. The molecule has 0 saturated heterocycles. The maximum absolute atomic E-state index is 8.91. The van der Waals surface area contributed by atoms with E-state index in [0.29, 0.717) is 6.54 Å². The second-order valence-electron chi connectivity index (χ2n) is 2.80. The van der Waals surface area contributed by atoms with Gasteiger partial charge in [-0.2, -0.15) is 5.06 Å². The van der Waals surface area contributed by atoms with Crippen LogP contribution in [0.4, 0.5) is 0 Å². The molecular formula is C9H13NO. The Labute approximate surface area is 67.0 Å². The summed E-state index contributed by atoms with van der Waals surface area (Å²) in [5.74, 6) is 0. The lowest BCUT2D eigenvalue weighted by Gasteiger charge is -2.07. The lowest BCUT2D eigenvalue weighted by molar-refractivity contribution is -0.0731. The van der Waals surface area contributed by atoms with Gasteiger partial charge in [0.2, 0.25) is 0 Å². The van der Waals surface area contributed by atoms with Crippen molar-refractivity contribution in [1.29, 1.82) is 0 Å². The van der Waals surface area contributed by atoms with Crippen molar-refractivity contribution in [2.75, 3.05) is 7.05 Å². The van der Waals surface area contributed by atoms with Crippen molar-refractivity contribution in [3.05, 3.63) is 35.4 Å². The maximum atomic E-state index is 8.91. The van der Waals surface area contributed by atoms with Crippen LogP contribution in [0.1, 0.15) is 11.1 Å². The van der Waals surface area contributed by atoms with E-state index in [4.69, 9.17) is 5.21 Å². The van der Waals surface area contributed by atoms with Crippen molar-refractivity contribution in [3.8, 4) is 0 Å². The summed E-state index contributed by atoms with van der Waals surface area (Å²) >= 11 is 0. The van der Waals surface area contributed by atoms with Gasteiger partial charge in [0.25, 0.3) is 0 Å². The molecule has 0 aromatic heterocycles. The molecule has 60 valence electrons. The number of benzene rings is 1. The molecule has 0 atom stereocenters. The van der Waals surface area contributed by atoms with Crippen LogP contribution in [0.3, 0.4) is 0 Å². The van der Waals surface area contributed by atoms with E-state index in [-0.39, 0.29) is 0 Å². The Balaban J connectivity index is 2.66. The van der Waals surface area contributed by atoms with Crippen LogP contribution >= 0.6 is 0 Å². The Bertz CT molecular complexity index is 216. The van der Waals surface area contributed by atoms with Crippen LogP contribution in [0.2, 0.25) is 0 Å². The normalized spacial score (nSPS) is 10.5. The molecule has 0 spiro atoms. The van der Waals surface area contributed by atoms with E-state index < -0.39 is 0 Å². The third kappa shape index (κ3) is 2.70. The summed E-state index contributed by atoms with van der Waals surface area (Å²) in [5.41, 5.74) is 2.37. The van der Waals surface area contributed by atoms with E-state index >= 15 is 0 Å². The monoisotopic (exact) mass is 151 g/mol. The van der Waals surface area contributed by atoms with Crippen LogP contribution < -0.4 is 0 Å². The van der Waals surface area contributed by atoms with Gasteiger partial charge in [-0.1, -0.05) is 29.8 Å². The molecule has 0 saturated carbocycles. The second kappa shape index (κ2) is 3.51. The van der Waals surface area contributed by atoms with Gasteiger partial charge in [0, 0.05) is 13.6 Å². The fourth-order valence-corrected chi connectivity index (χ4v) is 0.958. The SMILES string of the molecule is Cc1ccc(CN(C)O)cc1. The highest BCUT2D eigenvalue weighted by Crippen LogP contribution is 2.03. The molecule has 1 aromatic rings. The highest BCUT2D eigenvalue weighted by molar-refractivity contribution is 5.20. The van der Waals surface area contributed by atoms with E-state index in [2.05, 4.69) is 0 Å². The fourth-order valence-electron chi connectivity index (χ4n) is 0.958. The summed E-state index contributed by atoms with van der Waals surface area (Å²) in [6.07, 6.45) is 0. The van der Waals surface area contributed by atoms with Crippen LogP contribution in [0.15, 0.2) is 24.3 Å². The smallest absolute Gasteiger partial charge is 0.0485 e. The molecule has 2 heteroatoms. The first-order valence-corrected chi connectivity index (χ1v) is 3.64. The third-order valence-corrected chi connectivity index (χ3v) is 1.53. The molecule has 0 heterocycles. The van der Waals surface area contributed by atoms with Crippen molar-refractivity contribution < 1.29 is 5.21 Å². The standard InChI is InChI=1S/C9H13NO/c1-8-3-5-9(6-4-8)7-10(2)11/h3-6,11H,7H2,1-2H3. The van der Waals surface area contributed by atoms with Crippen LogP contribution in [0.25, 0.3) is 0 Å². The quantitative estimate of drug-likeness (QED) is 0.652. The predicted octanol–water partition coefficient (Wildman–Crippen LogP) is 1.82. The van der Waals surface area contributed by atoms with Gasteiger partial charge < -0.3 is 5.21 Å². The molecule has 0 fully saturated rings. The summed E-state index contributed by atoms with van der Waals surface area (Å²) in [7, 11) is 1.64. The third-order valence-electron chi connectivity index (χ3n) is 1.53. The Kier molecular flexibility index (Phi) is 2.63. The Morgan fingerprint density at radius 1 is 1.27 bits per heavy atom. The van der Waals surface area contributed by atoms with E-state index in [0.717, 1.165) is 5.56 Å². The summed E-state index contributed by atoms with van der Waals surface area (Å²) in [6.45, 7) is 2.63. The summed E-state index contributed by atoms with van der Waals surface area (Å²) in [4.78, 5) is 0. The van der Waals surface area contributed by atoms with Gasteiger partial charge in [0.1, 0.15) is 0 Å². The van der Waals surface area contributed by atoms with Gasteiger partial charge in [-0.05, 0) is 12.5 Å². The highest BCUT2D eigenvalue weighted by Gasteiger charge is 1.94. The number of aryl methyl sites for hydroxylation is 1. The number of nitrogens with zero attached hydrogens (tertiary/aromatic N) is 1. The first kappa shape index (κ1) is 8.24. The van der Waals surface area contributed by atoms with Gasteiger partial charge >= 0.3 is 0 Å². The van der Waals surface area contributed by atoms with Crippen molar-refractivity contribution in [1.82, 2.24) is 5.06 Å². The lowest BCUT2D eigenvalue weighted by Crippen LogP contribution is -2.11. The summed E-state index contributed by atoms with van der Waals surface area (Å²) < 4.78 is 0. The van der Waals surface area contributed by atoms with Crippen LogP contribution in [0.5, 0.6) is 0 Å². The average molecular weight is 151 g/mol. The Morgan fingerprint density at radius 2 is 1.82 bits per heavy atom. The predicted molar refractivity (Wildman–Crippen MR) is 44.4 cm³/mol. The molecule has 2 nitrogen and oxygen atoms in total. The summed E-state index contributed by atoms with van der Waals surface area (Å²) in [5, 5.41) is 10.1. The van der Waals surface area contributed by atoms with E-state index in [1.165, 1.54) is 10.6 Å². The zero-order chi connectivity index (χ0) is 8.27. The molecule has 0 amide bonds. The van der Waals surface area contributed by atoms with Crippen LogP contribution in [-0.2, 0) is 6.54 Å². The van der Waals surface area contributed by atoms with E-state index in [9.17, 15) is 0 Å². The Morgan fingerprint density at radius 3 is 2.27 bits per heavy atom. The van der Waals surface area contributed by atoms with Gasteiger partial charge in [-0.3, -0.25) is 0 Å². The zero-order valence-corrected chi connectivity index (χ0v) is 6.91. The van der Waals surface area contributed by atoms with Crippen molar-refractivity contribution in [2.24, 2.45) is 0 Å². The molecule has 0 aliphatic carbocycles. The topological polar surface area (TPSA) is 23.5 Å². The van der Waals surface area contributed by atoms with Gasteiger partial charge in [-0.25, -0.2) is 0 Å². The molecule has 11 heavy (non-hydrogen) atoms. The van der Waals surface area contributed by atoms with Crippen molar-refractivity contribution in [2.45, 2.75) is 13.5 Å². The minimum Gasteiger partial charge on any atom is -0.314 e. The highest BCUT2D eigenvalue weighted by atomic mass is 16.5. The average Bonchev–Trinajstić information content (AvgIpc) is 1.93. The number of hydroxylamine groups is 2. The van der Waals surface area contributed by atoms with Crippen molar-refractivity contribution in [3.63, 3.8) is 0 Å². The maximum Gasteiger partial charge on any atom is 0.0485 e. The summed E-state index contributed by atoms with van der Waals surface area (Å²) in [6, 6.07) is 8.11. The van der Waals surface area contributed by atoms with Gasteiger partial charge in [0.15, 0.2) is 0 Å². The first-order valence-electron chi connectivity index (χ1n) is 3.64. The van der Waals surface area contributed by atoms with Gasteiger partial charge in [-0.15, -0.1) is 0 Å². The molecule has 0 aliphatic rings. The second-order valence-corrected chi connectivity index (χ2v) is 2.80. The molecule has 1 rings (SSSR count). The zero-order valence-electron chi connectivity index (χ0n) is 6.91. The van der Waals surface area contributed by atoms with Crippen LogP contribution in [0, 0.1) is 6.92 Å².